The third-order valence-electron chi connectivity index (χ3n) is 1.28. The normalized spacial score (nSPS) is 11.7. The van der Waals surface area contributed by atoms with Crippen LogP contribution < -0.4 is 0 Å². The van der Waals surface area contributed by atoms with Crippen molar-refractivity contribution in [2.24, 2.45) is 0 Å². The Kier molecular flexibility index (Phi) is 3.28. The van der Waals surface area contributed by atoms with Crippen molar-refractivity contribution in [3.63, 3.8) is 0 Å². The molecule has 0 radical (unpaired) electrons. The molecule has 1 rings (SSSR count). The van der Waals surface area contributed by atoms with Gasteiger partial charge >= 0.3 is 6.18 Å². The summed E-state index contributed by atoms with van der Waals surface area (Å²) in [6, 6.07) is 5.52. The van der Waals surface area contributed by atoms with Crippen molar-refractivity contribution in [1.82, 2.24) is 0 Å². The van der Waals surface area contributed by atoms with Gasteiger partial charge in [0.1, 0.15) is 0 Å². The molecule has 0 spiro atoms. The number of benzene rings is 1. The van der Waals surface area contributed by atoms with E-state index < -0.39 is 11.7 Å². The van der Waals surface area contributed by atoms with Crippen LogP contribution in [0.4, 0.5) is 13.2 Å². The molecule has 0 bridgehead atoms. The molecule has 1 aromatic carbocycles. The van der Waals surface area contributed by atoms with E-state index in [1.807, 2.05) is 21.2 Å². The summed E-state index contributed by atoms with van der Waals surface area (Å²) in [6.07, 6.45) is -4.24. The van der Waals surface area contributed by atoms with Crippen LogP contribution in [-0.4, -0.2) is 0 Å². The van der Waals surface area contributed by atoms with E-state index in [4.69, 9.17) is 0 Å². The fourth-order valence-corrected chi connectivity index (χ4v) is 2.32. The molecule has 12 heavy (non-hydrogen) atoms. The molecule has 0 saturated heterocycles. The van der Waals surface area contributed by atoms with E-state index in [9.17, 15) is 13.2 Å². The number of rotatable bonds is 1. The van der Waals surface area contributed by atoms with Crippen molar-refractivity contribution in [3.8, 4) is 0 Å². The Hall–Kier alpha value is 0.0900. The SMILES string of the molecule is FC(F)(F)c1ccccc1SI. The van der Waals surface area contributed by atoms with Crippen molar-refractivity contribution in [2.75, 3.05) is 0 Å². The van der Waals surface area contributed by atoms with Crippen molar-refractivity contribution >= 4 is 30.1 Å². The second-order valence-electron chi connectivity index (χ2n) is 2.07. The van der Waals surface area contributed by atoms with Gasteiger partial charge in [-0.2, -0.15) is 13.2 Å². The van der Waals surface area contributed by atoms with Crippen LogP contribution in [0.3, 0.4) is 0 Å². The lowest BCUT2D eigenvalue weighted by Crippen LogP contribution is -2.05. The van der Waals surface area contributed by atoms with Crippen molar-refractivity contribution in [2.45, 2.75) is 11.1 Å². The second-order valence-corrected chi connectivity index (χ2v) is 3.99. The quantitative estimate of drug-likeness (QED) is 0.702. The summed E-state index contributed by atoms with van der Waals surface area (Å²) in [5.41, 5.74) is -0.565. The minimum Gasteiger partial charge on any atom is -0.166 e. The Morgan fingerprint density at radius 3 is 2.17 bits per heavy atom. The number of halogens is 4. The molecular formula is C7H4F3IS. The van der Waals surface area contributed by atoms with Crippen molar-refractivity contribution in [3.05, 3.63) is 29.8 Å². The minimum absolute atomic E-state index is 0.255. The topological polar surface area (TPSA) is 0 Å². The number of hydrogen-bond acceptors (Lipinski definition) is 1. The maximum Gasteiger partial charge on any atom is 0.417 e. The zero-order chi connectivity index (χ0) is 9.19. The molecule has 0 fully saturated rings. The van der Waals surface area contributed by atoms with Gasteiger partial charge in [0, 0.05) is 26.1 Å². The molecule has 0 nitrogen and oxygen atoms in total. The van der Waals surface area contributed by atoms with Gasteiger partial charge in [-0.05, 0) is 12.1 Å². The molecule has 0 saturated carbocycles. The van der Waals surface area contributed by atoms with Crippen LogP contribution >= 0.6 is 30.1 Å². The highest BCUT2D eigenvalue weighted by Gasteiger charge is 2.32. The standard InChI is InChI=1S/C7H4F3IS/c8-7(9,10)5-3-1-2-4-6(5)12-11/h1-4H. The Labute approximate surface area is 84.1 Å². The van der Waals surface area contributed by atoms with Crippen molar-refractivity contribution < 1.29 is 13.2 Å². The average molecular weight is 304 g/mol. The molecule has 0 unspecified atom stereocenters. The van der Waals surface area contributed by atoms with E-state index in [2.05, 4.69) is 0 Å². The Balaban J connectivity index is 3.14. The van der Waals surface area contributed by atoms with Gasteiger partial charge in [-0.15, -0.1) is 0 Å². The molecule has 0 amide bonds. The maximum atomic E-state index is 12.2. The summed E-state index contributed by atoms with van der Waals surface area (Å²) in [5, 5.41) is 0. The van der Waals surface area contributed by atoms with E-state index in [-0.39, 0.29) is 4.90 Å². The second kappa shape index (κ2) is 3.87. The summed E-state index contributed by atoms with van der Waals surface area (Å²) < 4.78 is 36.7. The molecule has 0 atom stereocenters. The van der Waals surface area contributed by atoms with Gasteiger partial charge in [0.25, 0.3) is 0 Å². The smallest absolute Gasteiger partial charge is 0.166 e. The first-order valence-corrected chi connectivity index (χ1v) is 6.36. The van der Waals surface area contributed by atoms with Gasteiger partial charge in [-0.25, -0.2) is 0 Å². The highest BCUT2D eigenvalue weighted by atomic mass is 127. The lowest BCUT2D eigenvalue weighted by Gasteiger charge is -2.09. The summed E-state index contributed by atoms with van der Waals surface area (Å²) in [4.78, 5) is 0.255. The third kappa shape index (κ3) is 2.29. The first kappa shape index (κ1) is 10.2. The molecule has 0 N–H and O–H groups in total. The molecule has 0 heterocycles. The Bertz CT molecular complexity index is 272. The highest BCUT2D eigenvalue weighted by Crippen LogP contribution is 2.38. The third-order valence-corrected chi connectivity index (χ3v) is 3.22. The van der Waals surface area contributed by atoms with Gasteiger partial charge in [-0.3, -0.25) is 0 Å². The summed E-state index contributed by atoms with van der Waals surface area (Å²) in [6.45, 7) is 0. The van der Waals surface area contributed by atoms with E-state index in [0.717, 1.165) is 15.0 Å². The van der Waals surface area contributed by atoms with E-state index >= 15 is 0 Å². The average Bonchev–Trinajstić information content (AvgIpc) is 2.03. The monoisotopic (exact) mass is 304 g/mol. The zero-order valence-electron chi connectivity index (χ0n) is 5.73. The maximum absolute atomic E-state index is 12.2. The molecular weight excluding hydrogens is 300 g/mol. The van der Waals surface area contributed by atoms with E-state index in [1.54, 1.807) is 6.07 Å². The van der Waals surface area contributed by atoms with E-state index in [0.29, 0.717) is 0 Å². The molecule has 1 aromatic rings. The van der Waals surface area contributed by atoms with Crippen LogP contribution in [0.5, 0.6) is 0 Å². The fourth-order valence-electron chi connectivity index (χ4n) is 0.768. The molecule has 0 aliphatic heterocycles. The van der Waals surface area contributed by atoms with Gasteiger partial charge in [-0.1, -0.05) is 21.1 Å². The summed E-state index contributed by atoms with van der Waals surface area (Å²) in [7, 11) is 1.07. The van der Waals surface area contributed by atoms with Gasteiger partial charge in [0.2, 0.25) is 0 Å². The molecule has 0 aromatic heterocycles. The van der Waals surface area contributed by atoms with Crippen LogP contribution in [0.15, 0.2) is 29.2 Å². The number of hydrogen-bond donors (Lipinski definition) is 0. The van der Waals surface area contributed by atoms with Gasteiger partial charge in [0.05, 0.1) is 5.56 Å². The molecule has 5 heteroatoms. The van der Waals surface area contributed by atoms with Crippen LogP contribution in [0.2, 0.25) is 0 Å². The Morgan fingerprint density at radius 1 is 1.17 bits per heavy atom. The Morgan fingerprint density at radius 2 is 1.75 bits per heavy atom. The first-order valence-electron chi connectivity index (χ1n) is 3.00. The fraction of sp³-hybridized carbons (Fsp3) is 0.143. The van der Waals surface area contributed by atoms with Crippen LogP contribution in [-0.2, 0) is 6.18 Å². The predicted octanol–water partition coefficient (Wildman–Crippen LogP) is 4.15. The zero-order valence-corrected chi connectivity index (χ0v) is 8.70. The summed E-state index contributed by atoms with van der Waals surface area (Å²) >= 11 is 1.84. The lowest BCUT2D eigenvalue weighted by molar-refractivity contribution is -0.139. The van der Waals surface area contributed by atoms with Crippen molar-refractivity contribution in [1.29, 1.82) is 0 Å². The predicted molar refractivity (Wildman–Crippen MR) is 51.3 cm³/mol. The lowest BCUT2D eigenvalue weighted by atomic mass is 10.2. The minimum atomic E-state index is -4.24. The van der Waals surface area contributed by atoms with Gasteiger partial charge in [0.15, 0.2) is 0 Å². The molecule has 66 valence electrons. The van der Waals surface area contributed by atoms with Crippen LogP contribution in [0.1, 0.15) is 5.56 Å². The molecule has 0 aliphatic carbocycles. The van der Waals surface area contributed by atoms with E-state index in [1.165, 1.54) is 12.1 Å². The highest BCUT2D eigenvalue weighted by molar-refractivity contribution is 14.2. The van der Waals surface area contributed by atoms with Gasteiger partial charge < -0.3 is 0 Å². The number of alkyl halides is 3. The molecule has 0 aliphatic rings. The first-order chi connectivity index (χ1) is 5.55. The largest absolute Gasteiger partial charge is 0.417 e. The van der Waals surface area contributed by atoms with Crippen LogP contribution in [0.25, 0.3) is 0 Å². The van der Waals surface area contributed by atoms with Crippen LogP contribution in [0, 0.1) is 0 Å². The summed E-state index contributed by atoms with van der Waals surface area (Å²) in [5.74, 6) is 0.